The van der Waals surface area contributed by atoms with Gasteiger partial charge in [-0.25, -0.2) is 0 Å². The molecule has 0 aliphatic carbocycles. The average molecular weight is 259 g/mol. The van der Waals surface area contributed by atoms with E-state index in [0.717, 1.165) is 10.2 Å². The Kier molecular flexibility index (Phi) is 4.32. The highest BCUT2D eigenvalue weighted by atomic mass is 79.9. The number of halogens is 1. The van der Waals surface area contributed by atoms with Crippen LogP contribution < -0.4 is 5.73 Å². The van der Waals surface area contributed by atoms with Crippen LogP contribution in [-0.4, -0.2) is 11.6 Å². The summed E-state index contributed by atoms with van der Waals surface area (Å²) in [6.07, 6.45) is 0.654. The van der Waals surface area contributed by atoms with E-state index in [1.54, 1.807) is 11.8 Å². The van der Waals surface area contributed by atoms with E-state index in [0.29, 0.717) is 6.42 Å². The second-order valence-electron chi connectivity index (χ2n) is 2.58. The van der Waals surface area contributed by atoms with Gasteiger partial charge in [-0.1, -0.05) is 15.9 Å². The zero-order valence-corrected chi connectivity index (χ0v) is 9.49. The molecule has 0 radical (unpaired) electrons. The molecule has 0 saturated heterocycles. The van der Waals surface area contributed by atoms with Crippen LogP contribution in [0.1, 0.15) is 6.42 Å². The Morgan fingerprint density at radius 2 is 2.00 bits per heavy atom. The molecule has 2 nitrogen and oxygen atoms in total. The molecule has 0 heterocycles. The van der Waals surface area contributed by atoms with Gasteiger partial charge in [-0.3, -0.25) is 5.41 Å². The summed E-state index contributed by atoms with van der Waals surface area (Å²) in [6.45, 7) is 0. The zero-order valence-electron chi connectivity index (χ0n) is 7.09. The second-order valence-corrected chi connectivity index (χ2v) is 4.66. The van der Waals surface area contributed by atoms with Crippen LogP contribution in [-0.2, 0) is 0 Å². The first-order valence-electron chi connectivity index (χ1n) is 3.90. The molecule has 1 aromatic carbocycles. The molecule has 0 bridgehead atoms. The van der Waals surface area contributed by atoms with Gasteiger partial charge in [-0.15, -0.1) is 11.8 Å². The molecule has 0 atom stereocenters. The van der Waals surface area contributed by atoms with Gasteiger partial charge in [-0.05, 0) is 24.3 Å². The Bertz CT molecular complexity index is 284. The highest BCUT2D eigenvalue weighted by molar-refractivity contribution is 9.10. The third-order valence-corrected chi connectivity index (χ3v) is 3.00. The molecule has 0 aliphatic heterocycles. The van der Waals surface area contributed by atoms with E-state index in [1.807, 2.05) is 12.1 Å². The monoisotopic (exact) mass is 258 g/mol. The van der Waals surface area contributed by atoms with Crippen molar-refractivity contribution in [2.24, 2.45) is 5.73 Å². The third kappa shape index (κ3) is 4.33. The van der Waals surface area contributed by atoms with Crippen LogP contribution in [0, 0.1) is 5.41 Å². The van der Waals surface area contributed by atoms with E-state index < -0.39 is 0 Å². The van der Waals surface area contributed by atoms with E-state index in [4.69, 9.17) is 11.1 Å². The van der Waals surface area contributed by atoms with Crippen molar-refractivity contribution in [1.29, 1.82) is 5.41 Å². The summed E-state index contributed by atoms with van der Waals surface area (Å²) < 4.78 is 1.09. The van der Waals surface area contributed by atoms with Crippen LogP contribution in [0.3, 0.4) is 0 Å². The van der Waals surface area contributed by atoms with E-state index in [1.165, 1.54) is 4.90 Å². The molecule has 0 spiro atoms. The van der Waals surface area contributed by atoms with E-state index in [-0.39, 0.29) is 5.84 Å². The minimum absolute atomic E-state index is 0.254. The predicted molar refractivity (Wildman–Crippen MR) is 61.4 cm³/mol. The number of nitrogens with one attached hydrogen (secondary N) is 1. The fraction of sp³-hybridized carbons (Fsp3) is 0.222. The van der Waals surface area contributed by atoms with Crippen molar-refractivity contribution in [1.82, 2.24) is 0 Å². The number of benzene rings is 1. The van der Waals surface area contributed by atoms with Gasteiger partial charge < -0.3 is 5.73 Å². The van der Waals surface area contributed by atoms with Crippen molar-refractivity contribution in [2.75, 3.05) is 5.75 Å². The topological polar surface area (TPSA) is 49.9 Å². The lowest BCUT2D eigenvalue weighted by Gasteiger charge is -2.00. The summed E-state index contributed by atoms with van der Waals surface area (Å²) >= 11 is 5.09. The first-order chi connectivity index (χ1) is 6.18. The van der Waals surface area contributed by atoms with E-state index in [2.05, 4.69) is 28.1 Å². The Balaban J connectivity index is 2.37. The summed E-state index contributed by atoms with van der Waals surface area (Å²) in [6, 6.07) is 8.12. The van der Waals surface area contributed by atoms with Gasteiger partial charge >= 0.3 is 0 Å². The molecule has 0 aliphatic rings. The third-order valence-electron chi connectivity index (χ3n) is 1.45. The maximum Gasteiger partial charge on any atom is 0.0913 e. The molecule has 1 rings (SSSR count). The van der Waals surface area contributed by atoms with Crippen molar-refractivity contribution in [2.45, 2.75) is 11.3 Å². The molecular formula is C9H11BrN2S. The number of rotatable bonds is 4. The molecule has 3 N–H and O–H groups in total. The quantitative estimate of drug-likeness (QED) is 0.496. The first-order valence-corrected chi connectivity index (χ1v) is 5.67. The molecule has 0 amide bonds. The number of nitrogens with two attached hydrogens (primary N) is 1. The predicted octanol–water partition coefficient (Wildman–Crippen LogP) is 2.87. The summed E-state index contributed by atoms with van der Waals surface area (Å²) in [5.74, 6) is 1.13. The Labute approximate surface area is 90.5 Å². The van der Waals surface area contributed by atoms with Gasteiger partial charge in [0.25, 0.3) is 0 Å². The molecule has 13 heavy (non-hydrogen) atoms. The summed E-state index contributed by atoms with van der Waals surface area (Å²) in [5.41, 5.74) is 5.24. The van der Waals surface area contributed by atoms with Gasteiger partial charge in [0.15, 0.2) is 0 Å². The minimum atomic E-state index is 0.254. The lowest BCUT2D eigenvalue weighted by molar-refractivity contribution is 1.22. The molecule has 1 aromatic rings. The van der Waals surface area contributed by atoms with Gasteiger partial charge in [0.05, 0.1) is 5.84 Å². The molecular weight excluding hydrogens is 248 g/mol. The Morgan fingerprint density at radius 1 is 1.38 bits per heavy atom. The van der Waals surface area contributed by atoms with Crippen LogP contribution in [0.4, 0.5) is 0 Å². The fourth-order valence-electron chi connectivity index (χ4n) is 0.810. The summed E-state index contributed by atoms with van der Waals surface area (Å²) in [4.78, 5) is 1.21. The van der Waals surface area contributed by atoms with Crippen LogP contribution in [0.25, 0.3) is 0 Å². The standard InChI is InChI=1S/C9H11BrN2S/c10-7-1-3-8(4-2-7)13-6-5-9(11)12/h1-4H,5-6H2,(H3,11,12). The van der Waals surface area contributed by atoms with E-state index in [9.17, 15) is 0 Å². The van der Waals surface area contributed by atoms with Crippen molar-refractivity contribution in [3.05, 3.63) is 28.7 Å². The van der Waals surface area contributed by atoms with Crippen LogP contribution in [0.2, 0.25) is 0 Å². The molecule has 70 valence electrons. The number of thioether (sulfide) groups is 1. The Hall–Kier alpha value is -0.480. The SMILES string of the molecule is N=C(N)CCSc1ccc(Br)cc1. The smallest absolute Gasteiger partial charge is 0.0913 e. The van der Waals surface area contributed by atoms with Gasteiger partial charge in [0, 0.05) is 21.5 Å². The number of amidine groups is 1. The summed E-state index contributed by atoms with van der Waals surface area (Å²) in [5, 5.41) is 7.05. The van der Waals surface area contributed by atoms with Crippen LogP contribution in [0.15, 0.2) is 33.6 Å². The first kappa shape index (κ1) is 10.6. The lowest BCUT2D eigenvalue weighted by Crippen LogP contribution is -2.09. The van der Waals surface area contributed by atoms with Gasteiger partial charge in [0.2, 0.25) is 0 Å². The number of hydrogen-bond donors (Lipinski definition) is 2. The van der Waals surface area contributed by atoms with Crippen LogP contribution in [0.5, 0.6) is 0 Å². The summed E-state index contributed by atoms with van der Waals surface area (Å²) in [7, 11) is 0. The second kappa shape index (κ2) is 5.29. The van der Waals surface area contributed by atoms with Crippen molar-refractivity contribution >= 4 is 33.5 Å². The van der Waals surface area contributed by atoms with Crippen molar-refractivity contribution in [3.63, 3.8) is 0 Å². The van der Waals surface area contributed by atoms with Gasteiger partial charge in [0.1, 0.15) is 0 Å². The molecule has 0 fully saturated rings. The van der Waals surface area contributed by atoms with E-state index >= 15 is 0 Å². The highest BCUT2D eigenvalue weighted by Gasteiger charge is 1.94. The average Bonchev–Trinajstić information content (AvgIpc) is 2.08. The van der Waals surface area contributed by atoms with Gasteiger partial charge in [-0.2, -0.15) is 0 Å². The highest BCUT2D eigenvalue weighted by Crippen LogP contribution is 2.20. The molecule has 0 saturated carbocycles. The molecule has 4 heteroatoms. The minimum Gasteiger partial charge on any atom is -0.388 e. The maximum atomic E-state index is 7.05. The normalized spacial score (nSPS) is 9.92. The van der Waals surface area contributed by atoms with Crippen molar-refractivity contribution in [3.8, 4) is 0 Å². The lowest BCUT2D eigenvalue weighted by atomic mass is 10.4. The van der Waals surface area contributed by atoms with Crippen LogP contribution >= 0.6 is 27.7 Å². The maximum absolute atomic E-state index is 7.05. The van der Waals surface area contributed by atoms with Crippen molar-refractivity contribution < 1.29 is 0 Å². The molecule has 0 aromatic heterocycles. The molecule has 0 unspecified atom stereocenters. The largest absolute Gasteiger partial charge is 0.388 e. The Morgan fingerprint density at radius 3 is 2.54 bits per heavy atom. The zero-order chi connectivity index (χ0) is 9.68. The number of hydrogen-bond acceptors (Lipinski definition) is 2. The fourth-order valence-corrected chi connectivity index (χ4v) is 1.96.